The molecule has 0 saturated carbocycles. The first-order valence-corrected chi connectivity index (χ1v) is 6.63. The largest absolute Gasteiger partial charge is 0.421 e. The summed E-state index contributed by atoms with van der Waals surface area (Å²) in [7, 11) is 0. The van der Waals surface area contributed by atoms with E-state index in [1.54, 1.807) is 13.0 Å². The number of nitrogens with one attached hydrogen (secondary N) is 1. The lowest BCUT2D eigenvalue weighted by atomic mass is 10.2. The summed E-state index contributed by atoms with van der Waals surface area (Å²) in [4.78, 5) is 21.6. The van der Waals surface area contributed by atoms with Crippen LogP contribution in [0.3, 0.4) is 0 Å². The van der Waals surface area contributed by atoms with Gasteiger partial charge in [0.2, 0.25) is 5.82 Å². The molecule has 0 unspecified atom stereocenters. The van der Waals surface area contributed by atoms with Crippen molar-refractivity contribution in [2.75, 3.05) is 5.73 Å². The lowest BCUT2D eigenvalue weighted by molar-refractivity contribution is -0.138. The average Bonchev–Trinajstić information content (AvgIpc) is 2.98. The molecule has 0 aliphatic heterocycles. The van der Waals surface area contributed by atoms with Crippen LogP contribution in [0.15, 0.2) is 33.7 Å². The zero-order valence-electron chi connectivity index (χ0n) is 12.2. The van der Waals surface area contributed by atoms with Crippen LogP contribution in [-0.4, -0.2) is 20.1 Å². The lowest BCUT2D eigenvalue weighted by Gasteiger charge is -2.04. The second kappa shape index (κ2) is 5.48. The molecule has 0 aliphatic rings. The standard InChI is InChI=1S/C14H10F3N5O2/c1-6-4-7(5-19-10(6)18)11-21-13(24-22-11)9-3-2-8(12(23)20-9)14(15,16)17/h2-5H,1H3,(H2,18,19)(H,20,23). The fraction of sp³-hybridized carbons (Fsp3) is 0.143. The van der Waals surface area contributed by atoms with E-state index in [1.807, 2.05) is 0 Å². The van der Waals surface area contributed by atoms with Gasteiger partial charge in [-0.15, -0.1) is 0 Å². The van der Waals surface area contributed by atoms with E-state index >= 15 is 0 Å². The van der Waals surface area contributed by atoms with Crippen molar-refractivity contribution in [2.24, 2.45) is 0 Å². The van der Waals surface area contributed by atoms with Crippen molar-refractivity contribution in [3.63, 3.8) is 0 Å². The number of anilines is 1. The normalized spacial score (nSPS) is 11.7. The Kier molecular flexibility index (Phi) is 3.59. The maximum atomic E-state index is 12.6. The van der Waals surface area contributed by atoms with Gasteiger partial charge in [-0.1, -0.05) is 5.16 Å². The predicted octanol–water partition coefficient (Wildman–Crippen LogP) is 2.40. The van der Waals surface area contributed by atoms with Crippen LogP contribution in [0.25, 0.3) is 23.0 Å². The average molecular weight is 337 g/mol. The number of H-pyrrole nitrogens is 1. The highest BCUT2D eigenvalue weighted by Crippen LogP contribution is 2.27. The molecule has 0 saturated heterocycles. The number of hydrogen-bond donors (Lipinski definition) is 2. The second-order valence-electron chi connectivity index (χ2n) is 4.96. The van der Waals surface area contributed by atoms with E-state index < -0.39 is 17.3 Å². The summed E-state index contributed by atoms with van der Waals surface area (Å²) < 4.78 is 42.8. The molecule has 3 rings (SSSR count). The summed E-state index contributed by atoms with van der Waals surface area (Å²) in [6.45, 7) is 1.75. The molecule has 24 heavy (non-hydrogen) atoms. The summed E-state index contributed by atoms with van der Waals surface area (Å²) in [5.74, 6) is 0.404. The Morgan fingerprint density at radius 1 is 1.29 bits per heavy atom. The SMILES string of the molecule is Cc1cc(-c2noc(-c3ccc(C(F)(F)F)c(=O)[nH]3)n2)cnc1N. The van der Waals surface area contributed by atoms with E-state index in [4.69, 9.17) is 10.3 Å². The third-order valence-electron chi connectivity index (χ3n) is 3.25. The van der Waals surface area contributed by atoms with E-state index in [0.717, 1.165) is 6.07 Å². The maximum Gasteiger partial charge on any atom is 0.421 e. The summed E-state index contributed by atoms with van der Waals surface area (Å²) in [5, 5.41) is 3.72. The lowest BCUT2D eigenvalue weighted by Crippen LogP contribution is -2.21. The van der Waals surface area contributed by atoms with Gasteiger partial charge in [-0.2, -0.15) is 18.2 Å². The van der Waals surface area contributed by atoms with Gasteiger partial charge in [0.05, 0.1) is 0 Å². The maximum absolute atomic E-state index is 12.6. The second-order valence-corrected chi connectivity index (χ2v) is 4.96. The summed E-state index contributed by atoms with van der Waals surface area (Å²) in [5.41, 5.74) is 4.24. The molecule has 7 nitrogen and oxygen atoms in total. The number of aromatic nitrogens is 4. The molecule has 0 aromatic carbocycles. The molecule has 0 bridgehead atoms. The summed E-state index contributed by atoms with van der Waals surface area (Å²) >= 11 is 0. The molecular formula is C14H10F3N5O2. The Morgan fingerprint density at radius 3 is 2.67 bits per heavy atom. The monoisotopic (exact) mass is 337 g/mol. The third-order valence-corrected chi connectivity index (χ3v) is 3.25. The van der Waals surface area contributed by atoms with Crippen LogP contribution in [0.5, 0.6) is 0 Å². The number of pyridine rings is 2. The zero-order valence-corrected chi connectivity index (χ0v) is 12.2. The summed E-state index contributed by atoms with van der Waals surface area (Å²) in [6.07, 6.45) is -3.30. The van der Waals surface area contributed by atoms with Gasteiger partial charge in [0.25, 0.3) is 11.4 Å². The number of alkyl halides is 3. The number of halogens is 3. The van der Waals surface area contributed by atoms with E-state index in [-0.39, 0.29) is 17.4 Å². The Balaban J connectivity index is 1.98. The number of aromatic amines is 1. The Hall–Kier alpha value is -3.17. The van der Waals surface area contributed by atoms with Crippen molar-refractivity contribution in [2.45, 2.75) is 13.1 Å². The highest BCUT2D eigenvalue weighted by atomic mass is 19.4. The van der Waals surface area contributed by atoms with Crippen LogP contribution in [0.4, 0.5) is 19.0 Å². The molecule has 3 aromatic rings. The van der Waals surface area contributed by atoms with Crippen LogP contribution in [-0.2, 0) is 6.18 Å². The van der Waals surface area contributed by atoms with E-state index in [0.29, 0.717) is 23.0 Å². The molecule has 0 amide bonds. The van der Waals surface area contributed by atoms with Crippen molar-refractivity contribution in [3.8, 4) is 23.0 Å². The number of nitrogens with zero attached hydrogens (tertiary/aromatic N) is 3. The molecule has 124 valence electrons. The minimum atomic E-state index is -4.74. The minimum absolute atomic E-state index is 0.0214. The number of rotatable bonds is 2. The van der Waals surface area contributed by atoms with Crippen molar-refractivity contribution >= 4 is 5.82 Å². The molecule has 0 fully saturated rings. The van der Waals surface area contributed by atoms with Crippen LogP contribution >= 0.6 is 0 Å². The quantitative estimate of drug-likeness (QED) is 0.743. The molecule has 0 radical (unpaired) electrons. The molecule has 0 aliphatic carbocycles. The molecule has 10 heteroatoms. The van der Waals surface area contributed by atoms with Crippen molar-refractivity contribution < 1.29 is 17.7 Å². The van der Waals surface area contributed by atoms with Crippen LogP contribution in [0.1, 0.15) is 11.1 Å². The van der Waals surface area contributed by atoms with Gasteiger partial charge in [0.15, 0.2) is 0 Å². The van der Waals surface area contributed by atoms with E-state index in [1.165, 1.54) is 6.20 Å². The topological polar surface area (TPSA) is 111 Å². The predicted molar refractivity (Wildman–Crippen MR) is 77.7 cm³/mol. The minimum Gasteiger partial charge on any atom is -0.383 e. The first-order valence-electron chi connectivity index (χ1n) is 6.63. The fourth-order valence-electron chi connectivity index (χ4n) is 1.98. The Morgan fingerprint density at radius 2 is 2.04 bits per heavy atom. The van der Waals surface area contributed by atoms with E-state index in [2.05, 4.69) is 20.1 Å². The summed E-state index contributed by atoms with van der Waals surface area (Å²) in [6, 6.07) is 3.40. The Labute approximate surface area is 132 Å². The highest BCUT2D eigenvalue weighted by molar-refractivity contribution is 5.60. The third kappa shape index (κ3) is 2.85. The molecule has 3 aromatic heterocycles. The van der Waals surface area contributed by atoms with Crippen LogP contribution in [0, 0.1) is 6.92 Å². The van der Waals surface area contributed by atoms with Crippen LogP contribution in [0.2, 0.25) is 0 Å². The van der Waals surface area contributed by atoms with Gasteiger partial charge in [-0.05, 0) is 30.7 Å². The first-order chi connectivity index (χ1) is 11.3. The highest BCUT2D eigenvalue weighted by Gasteiger charge is 2.34. The zero-order chi connectivity index (χ0) is 17.5. The van der Waals surface area contributed by atoms with Gasteiger partial charge in [0.1, 0.15) is 17.1 Å². The van der Waals surface area contributed by atoms with Crippen molar-refractivity contribution in [1.82, 2.24) is 20.1 Å². The number of nitrogens with two attached hydrogens (primary N) is 1. The fourth-order valence-corrected chi connectivity index (χ4v) is 1.98. The molecule has 0 atom stereocenters. The van der Waals surface area contributed by atoms with Gasteiger partial charge in [-0.25, -0.2) is 4.98 Å². The first kappa shape index (κ1) is 15.7. The molecular weight excluding hydrogens is 327 g/mol. The smallest absolute Gasteiger partial charge is 0.383 e. The van der Waals surface area contributed by atoms with Gasteiger partial charge < -0.3 is 15.2 Å². The van der Waals surface area contributed by atoms with Gasteiger partial charge in [-0.3, -0.25) is 4.79 Å². The van der Waals surface area contributed by atoms with E-state index in [9.17, 15) is 18.0 Å². The molecule has 3 heterocycles. The van der Waals surface area contributed by atoms with Crippen LogP contribution < -0.4 is 11.3 Å². The molecule has 0 spiro atoms. The van der Waals surface area contributed by atoms with Gasteiger partial charge >= 0.3 is 6.18 Å². The number of aryl methyl sites for hydroxylation is 1. The Bertz CT molecular complexity index is 962. The molecule has 3 N–H and O–H groups in total. The van der Waals surface area contributed by atoms with Gasteiger partial charge in [0, 0.05) is 11.8 Å². The van der Waals surface area contributed by atoms with Crippen molar-refractivity contribution in [3.05, 3.63) is 45.9 Å². The number of hydrogen-bond acceptors (Lipinski definition) is 6. The van der Waals surface area contributed by atoms with Crippen molar-refractivity contribution in [1.29, 1.82) is 0 Å². The number of nitrogen functional groups attached to an aromatic ring is 1.